The summed E-state index contributed by atoms with van der Waals surface area (Å²) in [7, 11) is 1.68. The van der Waals surface area contributed by atoms with Gasteiger partial charge in [-0.25, -0.2) is 0 Å². The van der Waals surface area contributed by atoms with E-state index in [1.807, 2.05) is 6.08 Å². The molecule has 1 unspecified atom stereocenters. The number of carbonyl (C=O) groups is 1. The van der Waals surface area contributed by atoms with Crippen molar-refractivity contribution in [1.29, 1.82) is 0 Å². The van der Waals surface area contributed by atoms with Gasteiger partial charge in [-0.3, -0.25) is 4.79 Å². The third-order valence-electron chi connectivity index (χ3n) is 4.95. The summed E-state index contributed by atoms with van der Waals surface area (Å²) in [5, 5.41) is 18.8. The number of methoxy groups -OCH3 is 1. The fourth-order valence-corrected chi connectivity index (χ4v) is 4.05. The number of terminal acetylenes is 1. The van der Waals surface area contributed by atoms with E-state index in [9.17, 15) is 9.90 Å². The van der Waals surface area contributed by atoms with Gasteiger partial charge in [0.2, 0.25) is 0 Å². The van der Waals surface area contributed by atoms with Crippen LogP contribution in [0.4, 0.5) is 0 Å². The highest BCUT2D eigenvalue weighted by Gasteiger charge is 2.62. The molecule has 2 aliphatic rings. The molecule has 2 fully saturated rings. The maximum Gasteiger partial charge on any atom is 0.303 e. The predicted molar refractivity (Wildman–Crippen MR) is 74.9 cm³/mol. The van der Waals surface area contributed by atoms with Crippen molar-refractivity contribution in [2.24, 2.45) is 17.8 Å². The minimum absolute atomic E-state index is 0.123. The van der Waals surface area contributed by atoms with Gasteiger partial charge < -0.3 is 14.9 Å². The Labute approximate surface area is 119 Å². The molecule has 4 nitrogen and oxygen atoms in total. The first kappa shape index (κ1) is 15.1. The second kappa shape index (κ2) is 5.59. The Morgan fingerprint density at radius 2 is 2.35 bits per heavy atom. The molecule has 0 aromatic rings. The van der Waals surface area contributed by atoms with Crippen LogP contribution in [0, 0.1) is 30.1 Å². The van der Waals surface area contributed by atoms with Crippen molar-refractivity contribution in [3.63, 3.8) is 0 Å². The zero-order valence-electron chi connectivity index (χ0n) is 12.0. The van der Waals surface area contributed by atoms with Gasteiger partial charge in [-0.05, 0) is 30.8 Å². The molecule has 2 rings (SSSR count). The quantitative estimate of drug-likeness (QED) is 0.608. The van der Waals surface area contributed by atoms with E-state index in [0.29, 0.717) is 12.8 Å². The number of hydrogen-bond donors (Lipinski definition) is 2. The number of fused-ring (bicyclic) bond motifs is 1. The van der Waals surface area contributed by atoms with Gasteiger partial charge in [-0.1, -0.05) is 13.0 Å². The van der Waals surface area contributed by atoms with Gasteiger partial charge in [0.15, 0.2) is 0 Å². The topological polar surface area (TPSA) is 66.8 Å². The first-order valence-corrected chi connectivity index (χ1v) is 7.09. The van der Waals surface area contributed by atoms with Crippen molar-refractivity contribution in [1.82, 2.24) is 0 Å². The molecule has 0 aromatic carbocycles. The molecule has 0 aliphatic heterocycles. The number of hydrogen-bond acceptors (Lipinski definition) is 3. The Bertz CT molecular complexity index is 462. The van der Waals surface area contributed by atoms with Crippen LogP contribution < -0.4 is 0 Å². The number of ether oxygens (including phenoxy) is 1. The Balaban J connectivity index is 2.22. The normalized spacial score (nSPS) is 41.6. The Hall–Kier alpha value is -1.31. The highest BCUT2D eigenvalue weighted by Crippen LogP contribution is 2.60. The van der Waals surface area contributed by atoms with Gasteiger partial charge in [0.25, 0.3) is 0 Å². The summed E-state index contributed by atoms with van der Waals surface area (Å²) in [5.41, 5.74) is 0.757. The second-order valence-electron chi connectivity index (χ2n) is 5.80. The van der Waals surface area contributed by atoms with Crippen LogP contribution in [0.2, 0.25) is 0 Å². The van der Waals surface area contributed by atoms with Gasteiger partial charge in [0.05, 0.1) is 17.6 Å². The predicted octanol–water partition coefficient (Wildman–Crippen LogP) is 1.83. The molecule has 4 heteroatoms. The van der Waals surface area contributed by atoms with E-state index >= 15 is 0 Å². The lowest BCUT2D eigenvalue weighted by molar-refractivity contribution is -0.162. The molecule has 2 N–H and O–H groups in total. The van der Waals surface area contributed by atoms with E-state index in [4.69, 9.17) is 16.3 Å². The number of carboxylic acid groups (broad SMARTS) is 1. The summed E-state index contributed by atoms with van der Waals surface area (Å²) >= 11 is 0. The van der Waals surface area contributed by atoms with Crippen molar-refractivity contribution in [2.45, 2.75) is 44.3 Å². The summed E-state index contributed by atoms with van der Waals surface area (Å²) in [5.74, 6) is 2.10. The van der Waals surface area contributed by atoms with Crippen molar-refractivity contribution >= 4 is 5.97 Å². The molecule has 110 valence electrons. The SMILES string of the molecule is C#C[C@H]1[C@H](O)CC[C@]2(OC)C(=CCCC(=O)O)C(C)[C@H]12. The van der Waals surface area contributed by atoms with Crippen LogP contribution >= 0.6 is 0 Å². The molecule has 0 bridgehead atoms. The summed E-state index contributed by atoms with van der Waals surface area (Å²) in [4.78, 5) is 10.6. The number of carboxylic acids is 1. The lowest BCUT2D eigenvalue weighted by Gasteiger charge is -2.61. The molecular formula is C16H22O4. The molecule has 2 aliphatic carbocycles. The van der Waals surface area contributed by atoms with Gasteiger partial charge in [0.1, 0.15) is 0 Å². The maximum absolute atomic E-state index is 10.6. The average Bonchev–Trinajstić information content (AvgIpc) is 2.43. The van der Waals surface area contributed by atoms with E-state index in [1.165, 1.54) is 0 Å². The zero-order valence-corrected chi connectivity index (χ0v) is 12.0. The van der Waals surface area contributed by atoms with Crippen molar-refractivity contribution in [2.75, 3.05) is 7.11 Å². The van der Waals surface area contributed by atoms with Gasteiger partial charge in [-0.15, -0.1) is 12.3 Å². The van der Waals surface area contributed by atoms with Crippen LogP contribution in [0.5, 0.6) is 0 Å². The third-order valence-corrected chi connectivity index (χ3v) is 4.95. The van der Waals surface area contributed by atoms with Crippen LogP contribution in [0.1, 0.15) is 32.6 Å². The van der Waals surface area contributed by atoms with E-state index in [-0.39, 0.29) is 24.2 Å². The number of rotatable bonds is 4. The standard InChI is InChI=1S/C16H22O4/c1-4-11-13(17)8-9-16(20-3)12(10(2)15(11)16)6-5-7-14(18)19/h1,6,10-11,13,15,17H,5,7-9H2,2-3H3,(H,18,19)/t10?,11-,13+,15+,16-/m0/s1. The van der Waals surface area contributed by atoms with E-state index in [0.717, 1.165) is 12.0 Å². The molecule has 0 heterocycles. The summed E-state index contributed by atoms with van der Waals surface area (Å²) in [6.07, 6.45) is 9.12. The molecular weight excluding hydrogens is 256 g/mol. The molecule has 2 saturated carbocycles. The average molecular weight is 278 g/mol. The van der Waals surface area contributed by atoms with Crippen molar-refractivity contribution < 1.29 is 19.7 Å². The molecule has 0 aromatic heterocycles. The molecule has 0 saturated heterocycles. The first-order valence-electron chi connectivity index (χ1n) is 7.09. The highest BCUT2D eigenvalue weighted by molar-refractivity contribution is 5.66. The van der Waals surface area contributed by atoms with Crippen LogP contribution in [-0.2, 0) is 9.53 Å². The van der Waals surface area contributed by atoms with Crippen LogP contribution in [0.25, 0.3) is 0 Å². The fourth-order valence-electron chi connectivity index (χ4n) is 4.05. The zero-order chi connectivity index (χ0) is 14.9. The lowest BCUT2D eigenvalue weighted by atomic mass is 9.48. The number of aliphatic hydroxyl groups is 1. The van der Waals surface area contributed by atoms with Crippen molar-refractivity contribution in [3.05, 3.63) is 11.6 Å². The van der Waals surface area contributed by atoms with Crippen LogP contribution in [-0.4, -0.2) is 35.0 Å². The highest BCUT2D eigenvalue weighted by atomic mass is 16.5. The minimum atomic E-state index is -0.794. The largest absolute Gasteiger partial charge is 0.481 e. The van der Waals surface area contributed by atoms with E-state index in [1.54, 1.807) is 7.11 Å². The minimum Gasteiger partial charge on any atom is -0.481 e. The van der Waals surface area contributed by atoms with Gasteiger partial charge in [-0.2, -0.15) is 0 Å². The monoisotopic (exact) mass is 278 g/mol. The first-order chi connectivity index (χ1) is 9.47. The molecule has 0 amide bonds. The van der Waals surface area contributed by atoms with Gasteiger partial charge in [0, 0.05) is 19.4 Å². The van der Waals surface area contributed by atoms with Crippen LogP contribution in [0.15, 0.2) is 11.6 Å². The summed E-state index contributed by atoms with van der Waals surface area (Å²) < 4.78 is 5.78. The van der Waals surface area contributed by atoms with E-state index < -0.39 is 17.7 Å². The maximum atomic E-state index is 10.6. The number of aliphatic hydroxyl groups excluding tert-OH is 1. The second-order valence-corrected chi connectivity index (χ2v) is 5.80. The van der Waals surface area contributed by atoms with Crippen molar-refractivity contribution in [3.8, 4) is 12.3 Å². The number of allylic oxidation sites excluding steroid dienone is 1. The Morgan fingerprint density at radius 1 is 1.65 bits per heavy atom. The molecule has 20 heavy (non-hydrogen) atoms. The summed E-state index contributed by atoms with van der Waals surface area (Å²) in [6.45, 7) is 2.08. The Kier molecular flexibility index (Phi) is 4.22. The fraction of sp³-hybridized carbons (Fsp3) is 0.688. The third kappa shape index (κ3) is 2.15. The molecule has 0 radical (unpaired) electrons. The van der Waals surface area contributed by atoms with E-state index in [2.05, 4.69) is 12.8 Å². The molecule has 5 atom stereocenters. The smallest absolute Gasteiger partial charge is 0.303 e. The molecule has 0 spiro atoms. The summed E-state index contributed by atoms with van der Waals surface area (Å²) in [6, 6.07) is 0. The van der Waals surface area contributed by atoms with Crippen LogP contribution in [0.3, 0.4) is 0 Å². The van der Waals surface area contributed by atoms with Gasteiger partial charge >= 0.3 is 5.97 Å². The lowest BCUT2D eigenvalue weighted by Crippen LogP contribution is -2.64. The Morgan fingerprint density at radius 3 is 2.90 bits per heavy atom. The number of aliphatic carboxylic acids is 1.